The van der Waals surface area contributed by atoms with Gasteiger partial charge in [-0.1, -0.05) is 81.6 Å². The van der Waals surface area contributed by atoms with E-state index in [0.29, 0.717) is 0 Å². The fourth-order valence-electron chi connectivity index (χ4n) is 3.12. The summed E-state index contributed by atoms with van der Waals surface area (Å²) < 4.78 is 29.6. The van der Waals surface area contributed by atoms with Gasteiger partial charge in [0.2, 0.25) is 15.9 Å². The zero-order chi connectivity index (χ0) is 23.3. The lowest BCUT2D eigenvalue weighted by molar-refractivity contribution is -0.123. The predicted molar refractivity (Wildman–Crippen MR) is 131 cm³/mol. The van der Waals surface area contributed by atoms with Crippen molar-refractivity contribution < 1.29 is 13.2 Å². The van der Waals surface area contributed by atoms with Crippen molar-refractivity contribution in [3.63, 3.8) is 0 Å². The van der Waals surface area contributed by atoms with E-state index in [0.717, 1.165) is 15.6 Å². The highest BCUT2D eigenvalue weighted by Crippen LogP contribution is 2.25. The molecule has 0 fully saturated rings. The number of benzene rings is 3. The molecule has 3 aromatic carbocycles. The van der Waals surface area contributed by atoms with Crippen LogP contribution in [0.15, 0.2) is 82.2 Å². The first-order valence-corrected chi connectivity index (χ1v) is 12.8. The van der Waals surface area contributed by atoms with E-state index in [4.69, 9.17) is 23.2 Å². The summed E-state index contributed by atoms with van der Waals surface area (Å²) in [5.74, 6) is -0.453. The Hall–Kier alpha value is -1.90. The van der Waals surface area contributed by atoms with Crippen LogP contribution in [0.2, 0.25) is 10.0 Å². The van der Waals surface area contributed by atoms with Crippen molar-refractivity contribution in [1.29, 1.82) is 0 Å². The van der Waals surface area contributed by atoms with Crippen LogP contribution >= 0.6 is 39.1 Å². The Labute approximate surface area is 206 Å². The normalized spacial score (nSPS) is 13.4. The van der Waals surface area contributed by atoms with Crippen LogP contribution < -0.4 is 10.0 Å². The fraction of sp³-hybridized carbons (Fsp3) is 0.174. The molecular formula is C23H21BrCl2N2O3S. The van der Waals surface area contributed by atoms with Crippen molar-refractivity contribution in [3.05, 3.63) is 98.4 Å². The van der Waals surface area contributed by atoms with Gasteiger partial charge in [-0.15, -0.1) is 0 Å². The predicted octanol–water partition coefficient (Wildman–Crippen LogP) is 5.52. The molecule has 0 bridgehead atoms. The van der Waals surface area contributed by atoms with Gasteiger partial charge >= 0.3 is 0 Å². The number of carbonyl (C=O) groups is 1. The monoisotopic (exact) mass is 554 g/mol. The minimum atomic E-state index is -4.12. The number of nitrogens with one attached hydrogen (secondary N) is 2. The molecule has 1 amide bonds. The number of halogens is 3. The van der Waals surface area contributed by atoms with Crippen LogP contribution in [0.25, 0.3) is 0 Å². The maximum absolute atomic E-state index is 13.2. The van der Waals surface area contributed by atoms with Gasteiger partial charge in [-0.05, 0) is 54.8 Å². The molecule has 0 aromatic heterocycles. The van der Waals surface area contributed by atoms with E-state index in [1.54, 1.807) is 0 Å². The van der Waals surface area contributed by atoms with Crippen molar-refractivity contribution in [3.8, 4) is 0 Å². The van der Waals surface area contributed by atoms with Gasteiger partial charge in [0.25, 0.3) is 0 Å². The average molecular weight is 556 g/mol. The highest BCUT2D eigenvalue weighted by Gasteiger charge is 2.28. The minimum absolute atomic E-state index is 0.0176. The molecule has 3 rings (SSSR count). The summed E-state index contributed by atoms with van der Waals surface area (Å²) in [6.07, 6.45) is 0.164. The van der Waals surface area contributed by atoms with Crippen LogP contribution in [0.1, 0.15) is 24.1 Å². The molecule has 0 saturated heterocycles. The maximum atomic E-state index is 13.2. The molecule has 168 valence electrons. The van der Waals surface area contributed by atoms with Gasteiger partial charge in [0, 0.05) is 9.50 Å². The highest BCUT2D eigenvalue weighted by molar-refractivity contribution is 9.10. The van der Waals surface area contributed by atoms with E-state index in [1.807, 2.05) is 61.5 Å². The number of hydrogen-bond acceptors (Lipinski definition) is 3. The summed E-state index contributed by atoms with van der Waals surface area (Å²) in [5.41, 5.74) is 1.70. The third kappa shape index (κ3) is 6.56. The van der Waals surface area contributed by atoms with E-state index in [1.165, 1.54) is 18.2 Å². The van der Waals surface area contributed by atoms with E-state index >= 15 is 0 Å². The molecule has 0 unspecified atom stereocenters. The van der Waals surface area contributed by atoms with Gasteiger partial charge in [0.05, 0.1) is 11.1 Å². The van der Waals surface area contributed by atoms with Crippen LogP contribution in [0.3, 0.4) is 0 Å². The second-order valence-corrected chi connectivity index (χ2v) is 10.7. The molecule has 2 atom stereocenters. The molecule has 2 N–H and O–H groups in total. The van der Waals surface area contributed by atoms with Gasteiger partial charge in [0.1, 0.15) is 10.9 Å². The number of hydrogen-bond donors (Lipinski definition) is 2. The zero-order valence-corrected chi connectivity index (χ0v) is 21.0. The summed E-state index contributed by atoms with van der Waals surface area (Å²) in [6.45, 7) is 1.84. The SMILES string of the molecule is C[C@H](NC(=O)[C@@H](Cc1ccccc1)NS(=O)(=O)c1cc(Cl)ccc1Cl)c1ccc(Br)cc1. The number of rotatable bonds is 8. The van der Waals surface area contributed by atoms with Gasteiger partial charge in [0.15, 0.2) is 0 Å². The van der Waals surface area contributed by atoms with Crippen molar-refractivity contribution >= 4 is 55.1 Å². The first-order chi connectivity index (χ1) is 15.2. The van der Waals surface area contributed by atoms with Crippen molar-refractivity contribution in [2.24, 2.45) is 0 Å². The first-order valence-electron chi connectivity index (χ1n) is 9.73. The Morgan fingerprint density at radius 3 is 2.31 bits per heavy atom. The van der Waals surface area contributed by atoms with E-state index in [2.05, 4.69) is 26.0 Å². The largest absolute Gasteiger partial charge is 0.348 e. The van der Waals surface area contributed by atoms with Gasteiger partial charge in [-0.3, -0.25) is 4.79 Å². The van der Waals surface area contributed by atoms with Gasteiger partial charge < -0.3 is 5.32 Å². The smallest absolute Gasteiger partial charge is 0.242 e. The van der Waals surface area contributed by atoms with Crippen LogP contribution in [-0.4, -0.2) is 20.4 Å². The molecule has 5 nitrogen and oxygen atoms in total. The number of amides is 1. The summed E-state index contributed by atoms with van der Waals surface area (Å²) >= 11 is 15.5. The molecule has 0 aliphatic carbocycles. The molecule has 0 spiro atoms. The van der Waals surface area contributed by atoms with Gasteiger partial charge in [-0.25, -0.2) is 8.42 Å². The third-order valence-corrected chi connectivity index (χ3v) is 7.53. The van der Waals surface area contributed by atoms with Crippen LogP contribution in [-0.2, 0) is 21.2 Å². The third-order valence-electron chi connectivity index (χ3n) is 4.81. The quantitative estimate of drug-likeness (QED) is 0.384. The van der Waals surface area contributed by atoms with Crippen LogP contribution in [0, 0.1) is 0 Å². The summed E-state index contributed by atoms with van der Waals surface area (Å²) in [5, 5.41) is 3.14. The first kappa shape index (κ1) is 24.7. The van der Waals surface area contributed by atoms with Crippen molar-refractivity contribution in [2.75, 3.05) is 0 Å². The molecular weight excluding hydrogens is 535 g/mol. The lowest BCUT2D eigenvalue weighted by atomic mass is 10.0. The van der Waals surface area contributed by atoms with Crippen molar-refractivity contribution in [1.82, 2.24) is 10.0 Å². The Balaban J connectivity index is 1.86. The van der Waals surface area contributed by atoms with Crippen LogP contribution in [0.5, 0.6) is 0 Å². The van der Waals surface area contributed by atoms with Crippen molar-refractivity contribution in [2.45, 2.75) is 30.3 Å². The average Bonchev–Trinajstić information content (AvgIpc) is 2.76. The zero-order valence-electron chi connectivity index (χ0n) is 17.1. The van der Waals surface area contributed by atoms with Crippen LogP contribution in [0.4, 0.5) is 0 Å². The molecule has 0 aliphatic heterocycles. The fourth-order valence-corrected chi connectivity index (χ4v) is 5.34. The molecule has 3 aromatic rings. The van der Waals surface area contributed by atoms with E-state index in [-0.39, 0.29) is 27.4 Å². The molecule has 0 aliphatic rings. The van der Waals surface area contributed by atoms with E-state index < -0.39 is 22.0 Å². The summed E-state index contributed by atoms with van der Waals surface area (Å²) in [6, 6.07) is 19.5. The minimum Gasteiger partial charge on any atom is -0.348 e. The second-order valence-electron chi connectivity index (χ2n) is 7.22. The molecule has 0 saturated carbocycles. The molecule has 0 radical (unpaired) electrons. The standard InChI is InChI=1S/C23H21BrCl2N2O3S/c1-15(17-7-9-18(24)10-8-17)27-23(29)21(13-16-5-3-2-4-6-16)28-32(30,31)22-14-19(25)11-12-20(22)26/h2-12,14-15,21,28H,13H2,1H3,(H,27,29)/t15-,21+/m0/s1. The number of carbonyl (C=O) groups excluding carboxylic acids is 1. The lowest BCUT2D eigenvalue weighted by Crippen LogP contribution is -2.48. The Bertz CT molecular complexity index is 1190. The topological polar surface area (TPSA) is 75.3 Å². The second kappa shape index (κ2) is 10.8. The molecule has 0 heterocycles. The molecule has 32 heavy (non-hydrogen) atoms. The van der Waals surface area contributed by atoms with E-state index in [9.17, 15) is 13.2 Å². The summed E-state index contributed by atoms with van der Waals surface area (Å²) in [7, 11) is -4.12. The maximum Gasteiger partial charge on any atom is 0.242 e. The van der Waals surface area contributed by atoms with Gasteiger partial charge in [-0.2, -0.15) is 4.72 Å². The number of sulfonamides is 1. The lowest BCUT2D eigenvalue weighted by Gasteiger charge is -2.22. The Morgan fingerprint density at radius 1 is 1.00 bits per heavy atom. The summed E-state index contributed by atoms with van der Waals surface area (Å²) in [4.78, 5) is 13.0. The highest BCUT2D eigenvalue weighted by atomic mass is 79.9. The Morgan fingerprint density at radius 2 is 1.66 bits per heavy atom. The molecule has 9 heteroatoms. The Kier molecular flexibility index (Phi) is 8.36.